The van der Waals surface area contributed by atoms with Crippen LogP contribution >= 0.6 is 0 Å². The lowest BCUT2D eigenvalue weighted by atomic mass is 10.1. The summed E-state index contributed by atoms with van der Waals surface area (Å²) in [6.45, 7) is 1.85. The molecule has 3 aromatic rings. The van der Waals surface area contributed by atoms with Crippen molar-refractivity contribution in [3.63, 3.8) is 0 Å². The second-order valence-corrected chi connectivity index (χ2v) is 5.57. The third-order valence-electron chi connectivity index (χ3n) is 3.94. The summed E-state index contributed by atoms with van der Waals surface area (Å²) in [4.78, 5) is 40.7. The number of carbonyl (C=O) groups excluding carboxylic acids is 1. The molecular weight excluding hydrogens is 308 g/mol. The third kappa shape index (κ3) is 2.50. The van der Waals surface area contributed by atoms with Crippen LogP contribution in [0.3, 0.4) is 0 Å². The second-order valence-electron chi connectivity index (χ2n) is 5.57. The molecule has 0 aliphatic carbocycles. The van der Waals surface area contributed by atoms with Gasteiger partial charge in [-0.15, -0.1) is 0 Å². The van der Waals surface area contributed by atoms with Crippen LogP contribution in [-0.2, 0) is 14.1 Å². The van der Waals surface area contributed by atoms with Crippen molar-refractivity contribution in [2.45, 2.75) is 6.92 Å². The first-order chi connectivity index (χ1) is 11.4. The van der Waals surface area contributed by atoms with Crippen LogP contribution in [0.1, 0.15) is 15.9 Å². The van der Waals surface area contributed by atoms with Crippen LogP contribution in [0, 0.1) is 6.92 Å². The smallest absolute Gasteiger partial charge is 0.321 e. The summed E-state index contributed by atoms with van der Waals surface area (Å²) in [5, 5.41) is 3.00. The van der Waals surface area contributed by atoms with E-state index in [0.717, 1.165) is 10.1 Å². The van der Waals surface area contributed by atoms with Crippen LogP contribution in [-0.4, -0.2) is 20.0 Å². The van der Waals surface area contributed by atoms with Gasteiger partial charge in [0.25, 0.3) is 11.5 Å². The largest absolute Gasteiger partial charge is 0.332 e. The molecule has 2 heterocycles. The van der Waals surface area contributed by atoms with E-state index in [1.54, 1.807) is 19.2 Å². The van der Waals surface area contributed by atoms with Gasteiger partial charge in [-0.25, -0.2) is 9.78 Å². The highest BCUT2D eigenvalue weighted by Crippen LogP contribution is 2.14. The van der Waals surface area contributed by atoms with Crippen molar-refractivity contribution in [2.75, 3.05) is 5.32 Å². The zero-order valence-corrected chi connectivity index (χ0v) is 13.5. The van der Waals surface area contributed by atoms with Gasteiger partial charge in [0.05, 0.1) is 17.3 Å². The minimum Gasteiger partial charge on any atom is -0.321 e. The number of aryl methyl sites for hydroxylation is 2. The minimum absolute atomic E-state index is 0.266. The molecular formula is C17H16N4O3. The molecule has 0 saturated heterocycles. The van der Waals surface area contributed by atoms with Gasteiger partial charge in [0.2, 0.25) is 0 Å². The zero-order valence-electron chi connectivity index (χ0n) is 13.5. The Balaban J connectivity index is 2.06. The first-order valence-electron chi connectivity index (χ1n) is 7.33. The number of pyridine rings is 1. The van der Waals surface area contributed by atoms with Gasteiger partial charge >= 0.3 is 5.69 Å². The molecule has 2 aromatic heterocycles. The predicted molar refractivity (Wildman–Crippen MR) is 91.4 cm³/mol. The van der Waals surface area contributed by atoms with Gasteiger partial charge in [-0.1, -0.05) is 18.2 Å². The van der Waals surface area contributed by atoms with E-state index in [1.165, 1.54) is 23.9 Å². The third-order valence-corrected chi connectivity index (χ3v) is 3.94. The maximum Gasteiger partial charge on any atom is 0.332 e. The van der Waals surface area contributed by atoms with Crippen LogP contribution in [0.5, 0.6) is 0 Å². The molecule has 0 saturated carbocycles. The highest BCUT2D eigenvalue weighted by molar-refractivity contribution is 6.05. The predicted octanol–water partition coefficient (Wildman–Crippen LogP) is 1.19. The maximum absolute atomic E-state index is 12.4. The number of aromatic nitrogens is 3. The van der Waals surface area contributed by atoms with Crippen molar-refractivity contribution < 1.29 is 4.79 Å². The van der Waals surface area contributed by atoms with E-state index in [-0.39, 0.29) is 16.9 Å². The number of fused-ring (bicyclic) bond motifs is 1. The van der Waals surface area contributed by atoms with E-state index < -0.39 is 11.2 Å². The fraction of sp³-hybridized carbons (Fsp3) is 0.176. The fourth-order valence-electron chi connectivity index (χ4n) is 2.56. The zero-order chi connectivity index (χ0) is 17.4. The van der Waals surface area contributed by atoms with Crippen molar-refractivity contribution in [1.29, 1.82) is 0 Å². The number of benzene rings is 1. The Kier molecular flexibility index (Phi) is 3.76. The monoisotopic (exact) mass is 324 g/mol. The number of anilines is 1. The summed E-state index contributed by atoms with van der Waals surface area (Å²) in [6, 6.07) is 8.74. The van der Waals surface area contributed by atoms with Gasteiger partial charge < -0.3 is 5.32 Å². The number of carbonyl (C=O) groups is 1. The van der Waals surface area contributed by atoms with Crippen molar-refractivity contribution in [1.82, 2.24) is 14.1 Å². The number of rotatable bonds is 2. The molecule has 0 aliphatic rings. The number of amides is 1. The summed E-state index contributed by atoms with van der Waals surface area (Å²) in [5.41, 5.74) is 1.17. The van der Waals surface area contributed by atoms with Crippen molar-refractivity contribution >= 4 is 22.6 Å². The standard InChI is InChI=1S/C17H16N4O3/c1-10-6-4-5-7-12(10)15(22)19-11-8-13-14(18-9-11)20(2)17(24)21(3)16(13)23/h4-9H,1-3H3,(H,19,22). The summed E-state index contributed by atoms with van der Waals surface area (Å²) in [5.74, 6) is -0.282. The molecule has 0 atom stereocenters. The Bertz CT molecular complexity index is 1080. The molecule has 0 unspecified atom stereocenters. The highest BCUT2D eigenvalue weighted by atomic mass is 16.2. The first-order valence-corrected chi connectivity index (χ1v) is 7.33. The van der Waals surface area contributed by atoms with Crippen molar-refractivity contribution in [3.8, 4) is 0 Å². The summed E-state index contributed by atoms with van der Waals surface area (Å²) in [6.07, 6.45) is 1.43. The minimum atomic E-state index is -0.451. The Morgan fingerprint density at radius 2 is 1.83 bits per heavy atom. The normalized spacial score (nSPS) is 10.8. The van der Waals surface area contributed by atoms with Crippen molar-refractivity contribution in [3.05, 3.63) is 68.5 Å². The van der Waals surface area contributed by atoms with Crippen LogP contribution in [0.4, 0.5) is 5.69 Å². The van der Waals surface area contributed by atoms with Crippen LogP contribution < -0.4 is 16.6 Å². The van der Waals surface area contributed by atoms with Gasteiger partial charge in [-0.2, -0.15) is 0 Å². The van der Waals surface area contributed by atoms with E-state index in [0.29, 0.717) is 11.3 Å². The number of hydrogen-bond acceptors (Lipinski definition) is 4. The molecule has 1 N–H and O–H groups in total. The molecule has 1 amide bonds. The van der Waals surface area contributed by atoms with Gasteiger partial charge in [-0.05, 0) is 24.6 Å². The Labute approximate surface area is 137 Å². The molecule has 0 aliphatic heterocycles. The molecule has 0 spiro atoms. The molecule has 0 bridgehead atoms. The van der Waals surface area contributed by atoms with Gasteiger partial charge in [-0.3, -0.25) is 18.7 Å². The topological polar surface area (TPSA) is 86.0 Å². The molecule has 122 valence electrons. The summed E-state index contributed by atoms with van der Waals surface area (Å²) < 4.78 is 2.31. The highest BCUT2D eigenvalue weighted by Gasteiger charge is 2.13. The van der Waals surface area contributed by atoms with E-state index in [1.807, 2.05) is 19.1 Å². The molecule has 0 fully saturated rings. The molecule has 0 radical (unpaired) electrons. The van der Waals surface area contributed by atoms with Crippen LogP contribution in [0.25, 0.3) is 11.0 Å². The SMILES string of the molecule is Cc1ccccc1C(=O)Nc1cnc2c(c1)c(=O)n(C)c(=O)n2C. The Morgan fingerprint density at radius 1 is 1.12 bits per heavy atom. The Hall–Kier alpha value is -3.22. The average Bonchev–Trinajstić information content (AvgIpc) is 2.58. The molecule has 3 rings (SSSR count). The van der Waals surface area contributed by atoms with E-state index in [9.17, 15) is 14.4 Å². The van der Waals surface area contributed by atoms with Crippen molar-refractivity contribution in [2.24, 2.45) is 14.1 Å². The lowest BCUT2D eigenvalue weighted by Crippen LogP contribution is -2.37. The van der Waals surface area contributed by atoms with Crippen LogP contribution in [0.2, 0.25) is 0 Å². The number of hydrogen-bond donors (Lipinski definition) is 1. The van der Waals surface area contributed by atoms with Crippen LogP contribution in [0.15, 0.2) is 46.1 Å². The van der Waals surface area contributed by atoms with Gasteiger partial charge in [0, 0.05) is 19.7 Å². The fourth-order valence-corrected chi connectivity index (χ4v) is 2.56. The molecule has 7 heteroatoms. The number of nitrogens with zero attached hydrogens (tertiary/aromatic N) is 3. The Morgan fingerprint density at radius 3 is 2.54 bits per heavy atom. The van der Waals surface area contributed by atoms with Gasteiger partial charge in [0.15, 0.2) is 0 Å². The van der Waals surface area contributed by atoms with E-state index >= 15 is 0 Å². The maximum atomic E-state index is 12.4. The average molecular weight is 324 g/mol. The summed E-state index contributed by atoms with van der Waals surface area (Å²) in [7, 11) is 2.95. The van der Waals surface area contributed by atoms with E-state index in [4.69, 9.17) is 0 Å². The number of nitrogens with one attached hydrogen (secondary N) is 1. The molecule has 24 heavy (non-hydrogen) atoms. The van der Waals surface area contributed by atoms with E-state index in [2.05, 4.69) is 10.3 Å². The quantitative estimate of drug-likeness (QED) is 0.767. The first kappa shape index (κ1) is 15.7. The summed E-state index contributed by atoms with van der Waals surface area (Å²) >= 11 is 0. The molecule has 1 aromatic carbocycles. The lowest BCUT2D eigenvalue weighted by molar-refractivity contribution is 0.102. The second kappa shape index (κ2) is 5.77. The van der Waals surface area contributed by atoms with Gasteiger partial charge in [0.1, 0.15) is 5.65 Å². The lowest BCUT2D eigenvalue weighted by Gasteiger charge is -2.10. The molecule has 7 nitrogen and oxygen atoms in total.